The lowest BCUT2D eigenvalue weighted by Gasteiger charge is -2.41. The van der Waals surface area contributed by atoms with E-state index >= 15 is 0 Å². The zero-order chi connectivity index (χ0) is 21.6. The van der Waals surface area contributed by atoms with Crippen molar-refractivity contribution in [2.75, 3.05) is 0 Å². The van der Waals surface area contributed by atoms with Gasteiger partial charge in [-0.15, -0.1) is 0 Å². The number of rotatable bonds is 6. The van der Waals surface area contributed by atoms with Crippen molar-refractivity contribution in [2.45, 2.75) is 78.1 Å². The van der Waals surface area contributed by atoms with E-state index in [2.05, 4.69) is 88.4 Å². The van der Waals surface area contributed by atoms with E-state index in [-0.39, 0.29) is 0 Å². The maximum Gasteiger partial charge on any atom is 0.00954 e. The van der Waals surface area contributed by atoms with Gasteiger partial charge in [-0.3, -0.25) is 0 Å². The minimum absolute atomic E-state index is 0.316. The molecule has 0 aliphatic heterocycles. The molecule has 3 aliphatic rings. The molecule has 31 heavy (non-hydrogen) atoms. The molecule has 0 saturated heterocycles. The zero-order valence-electron chi connectivity index (χ0n) is 19.8. The van der Waals surface area contributed by atoms with E-state index in [1.165, 1.54) is 49.7 Å². The number of hydrogen-bond acceptors (Lipinski definition) is 0. The molecule has 0 nitrogen and oxygen atoms in total. The molecule has 3 aliphatic carbocycles. The summed E-state index contributed by atoms with van der Waals surface area (Å²) in [5.74, 6) is 2.35. The lowest BCUT2D eigenvalue weighted by atomic mass is 9.62. The first-order chi connectivity index (χ1) is 15.1. The van der Waals surface area contributed by atoms with E-state index in [0.29, 0.717) is 29.1 Å². The normalized spacial score (nSPS) is 25.5. The van der Waals surface area contributed by atoms with E-state index in [0.717, 1.165) is 0 Å². The predicted octanol–water partition coefficient (Wildman–Crippen LogP) is 9.00. The Labute approximate surface area is 189 Å². The third-order valence-corrected chi connectivity index (χ3v) is 8.97. The number of benzene rings is 2. The second-order valence-electron chi connectivity index (χ2n) is 10.4. The van der Waals surface area contributed by atoms with Crippen molar-refractivity contribution < 1.29 is 0 Å². The molecular formula is C31H38. The summed E-state index contributed by atoms with van der Waals surface area (Å²) in [5.41, 5.74) is 9.79. The molecule has 0 N–H and O–H groups in total. The van der Waals surface area contributed by atoms with Gasteiger partial charge in [0.25, 0.3) is 0 Å². The fourth-order valence-electron chi connectivity index (χ4n) is 6.88. The summed E-state index contributed by atoms with van der Waals surface area (Å²) in [4.78, 5) is 0. The van der Waals surface area contributed by atoms with Gasteiger partial charge >= 0.3 is 0 Å². The van der Waals surface area contributed by atoms with E-state index in [1.54, 1.807) is 22.3 Å². The summed E-state index contributed by atoms with van der Waals surface area (Å²) in [6.07, 6.45) is 13.3. The fourth-order valence-corrected chi connectivity index (χ4v) is 6.88. The minimum Gasteiger partial charge on any atom is -0.0723 e. The average Bonchev–Trinajstić information content (AvgIpc) is 3.53. The third kappa shape index (κ3) is 3.17. The number of fused-ring (bicyclic) bond motifs is 2. The molecule has 1 fully saturated rings. The van der Waals surface area contributed by atoms with Crippen LogP contribution in [0.15, 0.2) is 60.7 Å². The van der Waals surface area contributed by atoms with Crippen molar-refractivity contribution in [3.63, 3.8) is 0 Å². The van der Waals surface area contributed by atoms with Crippen LogP contribution in [0.5, 0.6) is 0 Å². The van der Waals surface area contributed by atoms with Crippen LogP contribution in [-0.2, 0) is 0 Å². The molecule has 0 heterocycles. The maximum atomic E-state index is 2.71. The highest BCUT2D eigenvalue weighted by molar-refractivity contribution is 5.79. The Morgan fingerprint density at radius 2 is 1.13 bits per heavy atom. The summed E-state index contributed by atoms with van der Waals surface area (Å²) in [6.45, 7) is 9.50. The van der Waals surface area contributed by atoms with Crippen molar-refractivity contribution in [1.82, 2.24) is 0 Å². The SMILES string of the molecule is CCC(C)C1=CC(C2(C3C=C(C(C)CC)c4ccccc43)CCCC2)c2ccccc21. The summed E-state index contributed by atoms with van der Waals surface area (Å²) in [7, 11) is 0. The Hall–Kier alpha value is -2.08. The van der Waals surface area contributed by atoms with E-state index in [9.17, 15) is 0 Å². The van der Waals surface area contributed by atoms with Crippen LogP contribution in [0.4, 0.5) is 0 Å². The van der Waals surface area contributed by atoms with Crippen LogP contribution in [-0.4, -0.2) is 0 Å². The molecule has 0 amide bonds. The molecule has 2 aromatic carbocycles. The second kappa shape index (κ2) is 8.12. The molecule has 0 aromatic heterocycles. The molecule has 5 rings (SSSR count). The molecule has 0 bridgehead atoms. The summed E-state index contributed by atoms with van der Waals surface area (Å²) in [6, 6.07) is 18.7. The fraction of sp³-hybridized carbons (Fsp3) is 0.484. The number of hydrogen-bond donors (Lipinski definition) is 0. The van der Waals surface area contributed by atoms with Crippen LogP contribution in [0, 0.1) is 17.3 Å². The van der Waals surface area contributed by atoms with Crippen LogP contribution >= 0.6 is 0 Å². The van der Waals surface area contributed by atoms with Gasteiger partial charge in [-0.1, -0.05) is 101 Å². The van der Waals surface area contributed by atoms with Gasteiger partial charge in [-0.2, -0.15) is 0 Å². The Morgan fingerprint density at radius 1 is 0.710 bits per heavy atom. The first kappa shape index (κ1) is 20.8. The highest BCUT2D eigenvalue weighted by Gasteiger charge is 2.51. The first-order valence-corrected chi connectivity index (χ1v) is 12.7. The monoisotopic (exact) mass is 410 g/mol. The van der Waals surface area contributed by atoms with Gasteiger partial charge in [0.1, 0.15) is 0 Å². The highest BCUT2D eigenvalue weighted by atomic mass is 14.5. The Kier molecular flexibility index (Phi) is 5.45. The van der Waals surface area contributed by atoms with Gasteiger partial charge in [-0.05, 0) is 76.3 Å². The van der Waals surface area contributed by atoms with Crippen molar-refractivity contribution in [1.29, 1.82) is 0 Å². The number of allylic oxidation sites excluding steroid dienone is 4. The smallest absolute Gasteiger partial charge is 0.00954 e. The molecule has 4 unspecified atom stereocenters. The standard InChI is InChI=1S/C31H38/c1-5-21(3)27-19-29(25-15-9-7-13-23(25)27)31(17-11-12-18-31)30-20-28(22(4)6-2)24-14-8-10-16-26(24)30/h7-10,13-16,19-22,29-30H,5-6,11-12,17-18H2,1-4H3. The topological polar surface area (TPSA) is 0 Å². The maximum absolute atomic E-state index is 2.71. The Morgan fingerprint density at radius 3 is 1.55 bits per heavy atom. The Balaban J connectivity index is 1.67. The molecule has 0 radical (unpaired) electrons. The van der Waals surface area contributed by atoms with Crippen molar-refractivity contribution in [3.05, 3.63) is 82.9 Å². The van der Waals surface area contributed by atoms with Crippen molar-refractivity contribution in [2.24, 2.45) is 17.3 Å². The van der Waals surface area contributed by atoms with E-state index in [1.807, 2.05) is 0 Å². The van der Waals surface area contributed by atoms with Crippen LogP contribution in [0.25, 0.3) is 11.1 Å². The van der Waals surface area contributed by atoms with Gasteiger partial charge < -0.3 is 0 Å². The van der Waals surface area contributed by atoms with Crippen molar-refractivity contribution in [3.8, 4) is 0 Å². The van der Waals surface area contributed by atoms with Crippen LogP contribution in [0.2, 0.25) is 0 Å². The van der Waals surface area contributed by atoms with Crippen LogP contribution in [0.3, 0.4) is 0 Å². The first-order valence-electron chi connectivity index (χ1n) is 12.7. The largest absolute Gasteiger partial charge is 0.0723 e. The molecule has 2 aromatic rings. The minimum atomic E-state index is 0.316. The molecule has 1 saturated carbocycles. The summed E-state index contributed by atoms with van der Waals surface area (Å²) < 4.78 is 0. The van der Waals surface area contributed by atoms with Gasteiger partial charge in [-0.25, -0.2) is 0 Å². The van der Waals surface area contributed by atoms with E-state index < -0.39 is 0 Å². The van der Waals surface area contributed by atoms with Gasteiger partial charge in [0.2, 0.25) is 0 Å². The van der Waals surface area contributed by atoms with Crippen LogP contribution < -0.4 is 0 Å². The van der Waals surface area contributed by atoms with Gasteiger partial charge in [0.15, 0.2) is 0 Å². The zero-order valence-corrected chi connectivity index (χ0v) is 19.8. The molecule has 162 valence electrons. The van der Waals surface area contributed by atoms with E-state index in [4.69, 9.17) is 0 Å². The lowest BCUT2D eigenvalue weighted by Crippen LogP contribution is -2.30. The summed E-state index contributed by atoms with van der Waals surface area (Å²) >= 11 is 0. The molecule has 4 atom stereocenters. The summed E-state index contributed by atoms with van der Waals surface area (Å²) in [5, 5.41) is 0. The van der Waals surface area contributed by atoms with Crippen LogP contribution in [0.1, 0.15) is 100 Å². The lowest BCUT2D eigenvalue weighted by molar-refractivity contribution is 0.232. The Bertz CT molecular complexity index is 936. The third-order valence-electron chi connectivity index (χ3n) is 8.97. The predicted molar refractivity (Wildman–Crippen MR) is 134 cm³/mol. The van der Waals surface area contributed by atoms with Crippen molar-refractivity contribution >= 4 is 11.1 Å². The second-order valence-corrected chi connectivity index (χ2v) is 10.4. The molecular weight excluding hydrogens is 372 g/mol. The quantitative estimate of drug-likeness (QED) is 0.445. The average molecular weight is 411 g/mol. The molecule has 0 spiro atoms. The highest BCUT2D eigenvalue weighted by Crippen LogP contribution is 2.64. The molecule has 0 heteroatoms. The van der Waals surface area contributed by atoms with Gasteiger partial charge in [0.05, 0.1) is 0 Å². The van der Waals surface area contributed by atoms with Gasteiger partial charge in [0, 0.05) is 11.8 Å².